The Labute approximate surface area is 129 Å². The highest BCUT2D eigenvalue weighted by Crippen LogP contribution is 2.27. The molecule has 0 fully saturated rings. The van der Waals surface area contributed by atoms with Gasteiger partial charge in [0.25, 0.3) is 0 Å². The Morgan fingerprint density at radius 2 is 1.86 bits per heavy atom. The number of aromatic nitrogens is 2. The molecule has 120 valence electrons. The van der Waals surface area contributed by atoms with E-state index in [0.29, 0.717) is 17.1 Å². The first-order valence-corrected chi connectivity index (χ1v) is 7.65. The third-order valence-corrected chi connectivity index (χ3v) is 3.87. The first-order chi connectivity index (χ1) is 10.1. The molecule has 0 amide bonds. The van der Waals surface area contributed by atoms with Crippen LogP contribution in [0.4, 0.5) is 13.2 Å². The fourth-order valence-electron chi connectivity index (χ4n) is 1.64. The van der Waals surface area contributed by atoms with Gasteiger partial charge in [0.2, 0.25) is 5.88 Å². The molecule has 0 unspecified atom stereocenters. The Balaban J connectivity index is 2.20. The van der Waals surface area contributed by atoms with Gasteiger partial charge in [0.15, 0.2) is 0 Å². The molecule has 22 heavy (non-hydrogen) atoms. The molecule has 0 radical (unpaired) electrons. The molecule has 1 aromatic heterocycles. The van der Waals surface area contributed by atoms with Crippen molar-refractivity contribution in [2.24, 2.45) is 7.05 Å². The SMILES string of the molecule is Cn1nc(Cc2ccc(Cl)cc2)cc1OS(=O)(=O)C(F)(F)F. The number of benzene rings is 1. The van der Waals surface area contributed by atoms with Crippen LogP contribution >= 0.6 is 11.6 Å². The molecule has 0 bridgehead atoms. The molecule has 0 atom stereocenters. The van der Waals surface area contributed by atoms with Crippen LogP contribution in [-0.4, -0.2) is 23.7 Å². The topological polar surface area (TPSA) is 61.2 Å². The molecule has 0 saturated heterocycles. The molecule has 1 heterocycles. The van der Waals surface area contributed by atoms with Crippen molar-refractivity contribution in [3.63, 3.8) is 0 Å². The molecule has 0 N–H and O–H groups in total. The second-order valence-electron chi connectivity index (χ2n) is 4.38. The van der Waals surface area contributed by atoms with E-state index in [-0.39, 0.29) is 0 Å². The zero-order valence-electron chi connectivity index (χ0n) is 11.1. The van der Waals surface area contributed by atoms with Gasteiger partial charge in [0.1, 0.15) is 0 Å². The highest BCUT2D eigenvalue weighted by Gasteiger charge is 2.49. The van der Waals surface area contributed by atoms with Gasteiger partial charge in [-0.2, -0.15) is 26.7 Å². The number of aryl methyl sites for hydroxylation is 1. The molecule has 0 saturated carbocycles. The van der Waals surface area contributed by atoms with Crippen LogP contribution < -0.4 is 4.18 Å². The maximum Gasteiger partial charge on any atom is 0.534 e. The van der Waals surface area contributed by atoms with Gasteiger partial charge in [0, 0.05) is 24.6 Å². The molecule has 0 aliphatic carbocycles. The van der Waals surface area contributed by atoms with E-state index in [1.807, 2.05) is 0 Å². The van der Waals surface area contributed by atoms with E-state index < -0.39 is 21.5 Å². The molecule has 0 spiro atoms. The lowest BCUT2D eigenvalue weighted by atomic mass is 10.1. The average Bonchev–Trinajstić information content (AvgIpc) is 2.70. The second kappa shape index (κ2) is 5.81. The van der Waals surface area contributed by atoms with Crippen molar-refractivity contribution < 1.29 is 25.8 Å². The van der Waals surface area contributed by atoms with Crippen LogP contribution in [0.1, 0.15) is 11.3 Å². The summed E-state index contributed by atoms with van der Waals surface area (Å²) in [4.78, 5) is 0. The molecular weight excluding hydrogens is 345 g/mol. The molecule has 0 aliphatic rings. The fourth-order valence-corrected chi connectivity index (χ4v) is 2.24. The van der Waals surface area contributed by atoms with Gasteiger partial charge in [-0.15, -0.1) is 0 Å². The van der Waals surface area contributed by atoms with E-state index >= 15 is 0 Å². The maximum atomic E-state index is 12.3. The Morgan fingerprint density at radius 3 is 2.41 bits per heavy atom. The summed E-state index contributed by atoms with van der Waals surface area (Å²) in [5.74, 6) is -0.513. The van der Waals surface area contributed by atoms with Crippen molar-refractivity contribution in [3.05, 3.63) is 46.6 Å². The number of rotatable bonds is 4. The molecule has 1 aromatic carbocycles. The van der Waals surface area contributed by atoms with Gasteiger partial charge in [-0.25, -0.2) is 4.68 Å². The number of halogens is 4. The molecule has 5 nitrogen and oxygen atoms in total. The number of hydrogen-bond acceptors (Lipinski definition) is 4. The molecule has 2 aromatic rings. The summed E-state index contributed by atoms with van der Waals surface area (Å²) in [6.07, 6.45) is 0.292. The lowest BCUT2D eigenvalue weighted by molar-refractivity contribution is -0.0502. The molecular formula is C12H10ClF3N2O3S. The summed E-state index contributed by atoms with van der Waals surface area (Å²) in [7, 11) is -4.43. The van der Waals surface area contributed by atoms with Crippen LogP contribution in [0.25, 0.3) is 0 Å². The van der Waals surface area contributed by atoms with E-state index in [1.54, 1.807) is 24.3 Å². The largest absolute Gasteiger partial charge is 0.534 e. The van der Waals surface area contributed by atoms with Crippen molar-refractivity contribution in [2.75, 3.05) is 0 Å². The number of nitrogens with zero attached hydrogens (tertiary/aromatic N) is 2. The standard InChI is InChI=1S/C12H10ClF3N2O3S/c1-18-11(21-22(19,20)12(14,15)16)7-10(17-18)6-8-2-4-9(13)5-3-8/h2-5,7H,6H2,1H3. The summed E-state index contributed by atoms with van der Waals surface area (Å²) in [6.45, 7) is 0. The van der Waals surface area contributed by atoms with E-state index in [1.165, 1.54) is 7.05 Å². The number of alkyl halides is 3. The van der Waals surface area contributed by atoms with Crippen molar-refractivity contribution in [1.29, 1.82) is 0 Å². The summed E-state index contributed by atoms with van der Waals surface area (Å²) >= 11 is 5.75. The molecule has 10 heteroatoms. The quantitative estimate of drug-likeness (QED) is 0.625. The van der Waals surface area contributed by atoms with E-state index in [2.05, 4.69) is 9.28 Å². The van der Waals surface area contributed by atoms with Crippen molar-refractivity contribution >= 4 is 21.7 Å². The Kier molecular flexibility index (Phi) is 4.39. The lowest BCUT2D eigenvalue weighted by Gasteiger charge is -2.08. The van der Waals surface area contributed by atoms with Crippen molar-refractivity contribution in [1.82, 2.24) is 9.78 Å². The predicted molar refractivity (Wildman–Crippen MR) is 73.1 cm³/mol. The number of hydrogen-bond donors (Lipinski definition) is 0. The normalized spacial score (nSPS) is 12.4. The van der Waals surface area contributed by atoms with Gasteiger partial charge >= 0.3 is 15.6 Å². The second-order valence-corrected chi connectivity index (χ2v) is 6.36. The van der Waals surface area contributed by atoms with Crippen LogP contribution in [-0.2, 0) is 23.6 Å². The van der Waals surface area contributed by atoms with E-state index in [4.69, 9.17) is 11.6 Å². The summed E-state index contributed by atoms with van der Waals surface area (Å²) in [5, 5.41) is 4.47. The van der Waals surface area contributed by atoms with Crippen molar-refractivity contribution in [2.45, 2.75) is 11.9 Å². The van der Waals surface area contributed by atoms with Gasteiger partial charge < -0.3 is 4.18 Å². The summed E-state index contributed by atoms with van der Waals surface area (Å²) < 4.78 is 63.8. The van der Waals surface area contributed by atoms with Crippen LogP contribution in [0.3, 0.4) is 0 Å². The zero-order valence-corrected chi connectivity index (χ0v) is 12.7. The maximum absolute atomic E-state index is 12.3. The highest BCUT2D eigenvalue weighted by molar-refractivity contribution is 7.87. The predicted octanol–water partition coefficient (Wildman–Crippen LogP) is 2.89. The Bertz CT molecular complexity index is 770. The van der Waals surface area contributed by atoms with Crippen LogP contribution in [0.2, 0.25) is 5.02 Å². The fraction of sp³-hybridized carbons (Fsp3) is 0.250. The lowest BCUT2D eigenvalue weighted by Crippen LogP contribution is -2.28. The van der Waals surface area contributed by atoms with Gasteiger partial charge in [0.05, 0.1) is 5.69 Å². The first-order valence-electron chi connectivity index (χ1n) is 5.86. The minimum Gasteiger partial charge on any atom is -0.356 e. The monoisotopic (exact) mass is 354 g/mol. The molecule has 2 rings (SSSR count). The third kappa shape index (κ3) is 3.72. The minimum atomic E-state index is -5.72. The van der Waals surface area contributed by atoms with Gasteiger partial charge in [-0.1, -0.05) is 23.7 Å². The van der Waals surface area contributed by atoms with Crippen LogP contribution in [0, 0.1) is 0 Å². The Morgan fingerprint density at radius 1 is 1.27 bits per heavy atom. The van der Waals surface area contributed by atoms with Crippen LogP contribution in [0.15, 0.2) is 30.3 Å². The minimum absolute atomic E-state index is 0.292. The molecule has 0 aliphatic heterocycles. The van der Waals surface area contributed by atoms with Gasteiger partial charge in [-0.05, 0) is 17.7 Å². The van der Waals surface area contributed by atoms with Crippen LogP contribution in [0.5, 0.6) is 5.88 Å². The van der Waals surface area contributed by atoms with E-state index in [0.717, 1.165) is 16.3 Å². The van der Waals surface area contributed by atoms with E-state index in [9.17, 15) is 21.6 Å². The first kappa shape index (κ1) is 16.6. The third-order valence-electron chi connectivity index (χ3n) is 2.66. The van der Waals surface area contributed by atoms with Crippen molar-refractivity contribution in [3.8, 4) is 5.88 Å². The summed E-state index contributed by atoms with van der Waals surface area (Å²) in [6, 6.07) is 7.91. The average molecular weight is 355 g/mol. The van der Waals surface area contributed by atoms with Gasteiger partial charge in [-0.3, -0.25) is 0 Å². The summed E-state index contributed by atoms with van der Waals surface area (Å²) in [5.41, 5.74) is -4.32. The Hall–Kier alpha value is -1.74. The highest BCUT2D eigenvalue weighted by atomic mass is 35.5. The smallest absolute Gasteiger partial charge is 0.356 e. The zero-order chi connectivity index (χ0) is 16.5.